The van der Waals surface area contributed by atoms with Gasteiger partial charge in [0.25, 0.3) is 0 Å². The van der Waals surface area contributed by atoms with Crippen LogP contribution in [0.4, 0.5) is 0 Å². The van der Waals surface area contributed by atoms with Gasteiger partial charge in [0, 0.05) is 12.6 Å². The van der Waals surface area contributed by atoms with Gasteiger partial charge in [-0.25, -0.2) is 4.99 Å². The summed E-state index contributed by atoms with van der Waals surface area (Å²) in [7, 11) is 0. The van der Waals surface area contributed by atoms with Crippen LogP contribution < -0.4 is 16.8 Å². The summed E-state index contributed by atoms with van der Waals surface area (Å²) in [6, 6.07) is 0. The summed E-state index contributed by atoms with van der Waals surface area (Å²) in [6.07, 6.45) is 4.22. The third kappa shape index (κ3) is 2.23. The molecule has 1 heterocycles. The molecule has 0 radical (unpaired) electrons. The van der Waals surface area contributed by atoms with Gasteiger partial charge in [0.05, 0.1) is 0 Å². The first-order chi connectivity index (χ1) is 5.52. The van der Waals surface area contributed by atoms with Crippen LogP contribution in [0.1, 0.15) is 20.3 Å². The largest absolute Gasteiger partial charge is 0.384 e. The van der Waals surface area contributed by atoms with Gasteiger partial charge in [-0.2, -0.15) is 0 Å². The smallest absolute Gasteiger partial charge is 0.184 e. The molecule has 0 fully saturated rings. The van der Waals surface area contributed by atoms with Gasteiger partial charge in [0.1, 0.15) is 5.84 Å². The van der Waals surface area contributed by atoms with Crippen LogP contribution in [0.2, 0.25) is 0 Å². The quantitative estimate of drug-likeness (QED) is 0.548. The molecule has 0 spiro atoms. The Balaban J connectivity index is 2.67. The van der Waals surface area contributed by atoms with E-state index < -0.39 is 5.79 Å². The van der Waals surface area contributed by atoms with E-state index in [9.17, 15) is 0 Å². The molecule has 4 heteroatoms. The molecule has 1 atom stereocenters. The number of hydrogen-bond donors (Lipinski definition) is 3. The second-order valence-corrected chi connectivity index (χ2v) is 3.54. The second kappa shape index (κ2) is 3.15. The highest BCUT2D eigenvalue weighted by atomic mass is 15.3. The Hall–Kier alpha value is -1.03. The van der Waals surface area contributed by atoms with E-state index in [1.807, 2.05) is 0 Å². The van der Waals surface area contributed by atoms with Crippen LogP contribution in [-0.2, 0) is 0 Å². The maximum Gasteiger partial charge on any atom is 0.184 e. The molecule has 5 N–H and O–H groups in total. The molecule has 0 aliphatic carbocycles. The van der Waals surface area contributed by atoms with Gasteiger partial charge in [-0.1, -0.05) is 13.8 Å². The molecule has 12 heavy (non-hydrogen) atoms. The Morgan fingerprint density at radius 2 is 2.33 bits per heavy atom. The van der Waals surface area contributed by atoms with Crippen molar-refractivity contribution in [3.8, 4) is 0 Å². The molecule has 1 aliphatic heterocycles. The summed E-state index contributed by atoms with van der Waals surface area (Å²) in [5, 5.41) is 2.99. The van der Waals surface area contributed by atoms with Crippen LogP contribution in [-0.4, -0.2) is 11.6 Å². The molecule has 1 unspecified atom stereocenters. The third-order valence-electron chi connectivity index (χ3n) is 1.64. The zero-order valence-corrected chi connectivity index (χ0v) is 7.54. The van der Waals surface area contributed by atoms with Gasteiger partial charge >= 0.3 is 0 Å². The minimum atomic E-state index is -0.701. The van der Waals surface area contributed by atoms with Crippen molar-refractivity contribution < 1.29 is 0 Å². The van der Waals surface area contributed by atoms with Gasteiger partial charge in [-0.3, -0.25) is 5.73 Å². The summed E-state index contributed by atoms with van der Waals surface area (Å²) < 4.78 is 0. The number of nitrogens with zero attached hydrogens (tertiary/aromatic N) is 1. The van der Waals surface area contributed by atoms with Gasteiger partial charge in [0.15, 0.2) is 5.79 Å². The predicted octanol–water partition coefficient (Wildman–Crippen LogP) is 0.119. The summed E-state index contributed by atoms with van der Waals surface area (Å²) >= 11 is 0. The molecular formula is C8H16N4. The molecule has 4 nitrogen and oxygen atoms in total. The number of aliphatic imine (C=N–C) groups is 1. The molecule has 1 aliphatic rings. The molecule has 1 rings (SSSR count). The van der Waals surface area contributed by atoms with Crippen LogP contribution in [0.25, 0.3) is 0 Å². The first kappa shape index (κ1) is 9.06. The minimum Gasteiger partial charge on any atom is -0.384 e. The highest BCUT2D eigenvalue weighted by Crippen LogP contribution is 2.14. The molecule has 0 aromatic rings. The summed E-state index contributed by atoms with van der Waals surface area (Å²) in [5.41, 5.74) is 11.4. The maximum absolute atomic E-state index is 5.92. The van der Waals surface area contributed by atoms with Crippen molar-refractivity contribution in [3.63, 3.8) is 0 Å². The fraction of sp³-hybridized carbons (Fsp3) is 0.625. The number of amidine groups is 1. The van der Waals surface area contributed by atoms with E-state index in [1.54, 1.807) is 12.3 Å². The predicted molar refractivity (Wildman–Crippen MR) is 50.3 cm³/mol. The third-order valence-corrected chi connectivity index (χ3v) is 1.64. The standard InChI is InChI=1S/C8H16N4/c1-6(2)5-8(10)11-4-3-7(9)12-8/h3-4,6,11H,5,10H2,1-2H3,(H2,9,12). The van der Waals surface area contributed by atoms with Crippen LogP contribution >= 0.6 is 0 Å². The number of rotatable bonds is 2. The normalized spacial score (nSPS) is 28.5. The zero-order valence-electron chi connectivity index (χ0n) is 7.54. The molecular weight excluding hydrogens is 152 g/mol. The monoisotopic (exact) mass is 168 g/mol. The maximum atomic E-state index is 5.92. The molecule has 0 aromatic heterocycles. The Morgan fingerprint density at radius 1 is 1.67 bits per heavy atom. The summed E-state index contributed by atoms with van der Waals surface area (Å²) in [6.45, 7) is 4.20. The fourth-order valence-corrected chi connectivity index (χ4v) is 1.30. The highest BCUT2D eigenvalue weighted by Gasteiger charge is 2.25. The van der Waals surface area contributed by atoms with Crippen molar-refractivity contribution in [2.45, 2.75) is 26.1 Å². The van der Waals surface area contributed by atoms with Crippen molar-refractivity contribution >= 4 is 5.84 Å². The first-order valence-electron chi connectivity index (χ1n) is 4.10. The van der Waals surface area contributed by atoms with Crippen LogP contribution in [0.5, 0.6) is 0 Å². The molecule has 0 amide bonds. The van der Waals surface area contributed by atoms with E-state index in [2.05, 4.69) is 24.2 Å². The summed E-state index contributed by atoms with van der Waals surface area (Å²) in [4.78, 5) is 4.13. The number of nitrogens with two attached hydrogens (primary N) is 2. The Bertz CT molecular complexity index is 219. The van der Waals surface area contributed by atoms with Crippen molar-refractivity contribution in [1.82, 2.24) is 5.32 Å². The van der Waals surface area contributed by atoms with Gasteiger partial charge in [-0.05, 0) is 12.0 Å². The lowest BCUT2D eigenvalue weighted by Gasteiger charge is -2.29. The van der Waals surface area contributed by atoms with Gasteiger partial charge in [0.2, 0.25) is 0 Å². The van der Waals surface area contributed by atoms with Crippen LogP contribution in [0.3, 0.4) is 0 Å². The van der Waals surface area contributed by atoms with E-state index in [1.165, 1.54) is 0 Å². The van der Waals surface area contributed by atoms with Crippen molar-refractivity contribution in [3.05, 3.63) is 12.3 Å². The second-order valence-electron chi connectivity index (χ2n) is 3.54. The molecule has 0 saturated carbocycles. The molecule has 0 bridgehead atoms. The van der Waals surface area contributed by atoms with E-state index >= 15 is 0 Å². The fourth-order valence-electron chi connectivity index (χ4n) is 1.30. The number of hydrogen-bond acceptors (Lipinski definition) is 4. The van der Waals surface area contributed by atoms with E-state index in [0.717, 1.165) is 6.42 Å². The first-order valence-corrected chi connectivity index (χ1v) is 4.10. The van der Waals surface area contributed by atoms with Crippen LogP contribution in [0.15, 0.2) is 17.3 Å². The Kier molecular flexibility index (Phi) is 2.38. The van der Waals surface area contributed by atoms with E-state index in [0.29, 0.717) is 11.8 Å². The van der Waals surface area contributed by atoms with Crippen LogP contribution in [0, 0.1) is 5.92 Å². The topological polar surface area (TPSA) is 76.4 Å². The molecule has 0 aromatic carbocycles. The minimum absolute atomic E-state index is 0.483. The van der Waals surface area contributed by atoms with Crippen molar-refractivity contribution in [1.29, 1.82) is 0 Å². The Labute approximate surface area is 72.7 Å². The highest BCUT2D eigenvalue weighted by molar-refractivity contribution is 5.92. The van der Waals surface area contributed by atoms with Crippen molar-refractivity contribution in [2.24, 2.45) is 22.4 Å². The van der Waals surface area contributed by atoms with E-state index in [4.69, 9.17) is 11.5 Å². The Morgan fingerprint density at radius 3 is 2.83 bits per heavy atom. The number of nitrogens with one attached hydrogen (secondary N) is 1. The SMILES string of the molecule is CC(C)CC1(N)N=C(N)C=CN1. The van der Waals surface area contributed by atoms with Gasteiger partial charge < -0.3 is 11.1 Å². The molecule has 0 saturated heterocycles. The lowest BCUT2D eigenvalue weighted by Crippen LogP contribution is -2.53. The lowest BCUT2D eigenvalue weighted by molar-refractivity contribution is 0.316. The lowest BCUT2D eigenvalue weighted by atomic mass is 10.0. The molecule has 68 valence electrons. The average Bonchev–Trinajstić information content (AvgIpc) is 1.82. The average molecular weight is 168 g/mol. The summed E-state index contributed by atoms with van der Waals surface area (Å²) in [5.74, 6) is 0.273. The van der Waals surface area contributed by atoms with Crippen molar-refractivity contribution in [2.75, 3.05) is 0 Å². The van der Waals surface area contributed by atoms with E-state index in [-0.39, 0.29) is 0 Å². The van der Waals surface area contributed by atoms with Gasteiger partial charge in [-0.15, -0.1) is 0 Å². The zero-order chi connectivity index (χ0) is 9.19.